The fourth-order valence-corrected chi connectivity index (χ4v) is 4.01. The van der Waals surface area contributed by atoms with Crippen LogP contribution in [0.4, 0.5) is 0 Å². The maximum absolute atomic E-state index is 2.53. The number of allylic oxidation sites excluding steroid dienone is 4. The van der Waals surface area contributed by atoms with Gasteiger partial charge in [-0.2, -0.15) is 0 Å². The van der Waals surface area contributed by atoms with Gasteiger partial charge in [0.2, 0.25) is 0 Å². The third-order valence-corrected chi connectivity index (χ3v) is 4.74. The number of rotatable bonds is 0. The van der Waals surface area contributed by atoms with Crippen LogP contribution in [-0.4, -0.2) is 4.57 Å². The number of aromatic nitrogens is 1. The summed E-state index contributed by atoms with van der Waals surface area (Å²) in [6, 6.07) is 13.9. The number of para-hydroxylation sites is 1. The molecule has 3 aromatic rings. The summed E-state index contributed by atoms with van der Waals surface area (Å²) in [5.74, 6) is 0.502. The van der Waals surface area contributed by atoms with Crippen LogP contribution in [0.1, 0.15) is 23.1 Å². The maximum Gasteiger partial charge on any atom is 0.0630 e. The van der Waals surface area contributed by atoms with Crippen LogP contribution in [0.25, 0.3) is 21.8 Å². The number of aryl methyl sites for hydroxylation is 1. The van der Waals surface area contributed by atoms with Gasteiger partial charge in [0.05, 0.1) is 11.6 Å². The van der Waals surface area contributed by atoms with Crippen molar-refractivity contribution in [2.24, 2.45) is 0 Å². The minimum atomic E-state index is 0.444. The summed E-state index contributed by atoms with van der Waals surface area (Å²) < 4.78 is 2.53. The highest BCUT2D eigenvalue weighted by Gasteiger charge is 2.34. The number of hydrogen-bond donors (Lipinski definition) is 0. The van der Waals surface area contributed by atoms with Crippen LogP contribution in [0, 0.1) is 6.92 Å². The van der Waals surface area contributed by atoms with Gasteiger partial charge in [0.25, 0.3) is 0 Å². The van der Waals surface area contributed by atoms with Gasteiger partial charge in [0, 0.05) is 22.2 Å². The highest BCUT2D eigenvalue weighted by molar-refractivity contribution is 6.10. The highest BCUT2D eigenvalue weighted by Crippen LogP contribution is 2.49. The van der Waals surface area contributed by atoms with Crippen molar-refractivity contribution in [2.45, 2.75) is 18.9 Å². The first-order valence-corrected chi connectivity index (χ1v) is 7.23. The lowest BCUT2D eigenvalue weighted by molar-refractivity contribution is 0.615. The smallest absolute Gasteiger partial charge is 0.0630 e. The van der Waals surface area contributed by atoms with Gasteiger partial charge in [-0.15, -0.1) is 0 Å². The first-order chi connectivity index (χ1) is 9.84. The molecular formula is C19H15N. The van der Waals surface area contributed by atoms with Crippen molar-refractivity contribution in [3.05, 3.63) is 71.8 Å². The van der Waals surface area contributed by atoms with Gasteiger partial charge in [-0.05, 0) is 24.6 Å². The van der Waals surface area contributed by atoms with E-state index in [2.05, 4.69) is 72.2 Å². The van der Waals surface area contributed by atoms with Gasteiger partial charge in [0.1, 0.15) is 0 Å². The highest BCUT2D eigenvalue weighted by atomic mass is 15.0. The molecule has 0 saturated carbocycles. The van der Waals surface area contributed by atoms with Crippen LogP contribution in [0.2, 0.25) is 0 Å². The van der Waals surface area contributed by atoms with E-state index in [0.717, 1.165) is 0 Å². The van der Waals surface area contributed by atoms with E-state index in [1.54, 1.807) is 0 Å². The van der Waals surface area contributed by atoms with E-state index >= 15 is 0 Å². The fraction of sp³-hybridized carbons (Fsp3) is 0.158. The maximum atomic E-state index is 2.53. The van der Waals surface area contributed by atoms with Crippen LogP contribution in [0.3, 0.4) is 0 Å². The van der Waals surface area contributed by atoms with E-state index in [9.17, 15) is 0 Å². The molecule has 96 valence electrons. The van der Waals surface area contributed by atoms with E-state index in [1.165, 1.54) is 32.9 Å². The Hall–Kier alpha value is -2.28. The molecule has 2 heterocycles. The van der Waals surface area contributed by atoms with Crippen molar-refractivity contribution in [1.82, 2.24) is 4.57 Å². The van der Waals surface area contributed by atoms with Crippen LogP contribution in [-0.2, 0) is 0 Å². The Morgan fingerprint density at radius 1 is 0.950 bits per heavy atom. The molecule has 2 aromatic carbocycles. The second-order valence-corrected chi connectivity index (χ2v) is 5.92. The van der Waals surface area contributed by atoms with E-state index in [4.69, 9.17) is 0 Å². The molecule has 2 atom stereocenters. The molecule has 0 amide bonds. The first kappa shape index (κ1) is 10.5. The van der Waals surface area contributed by atoms with Crippen LogP contribution < -0.4 is 0 Å². The zero-order valence-corrected chi connectivity index (χ0v) is 11.4. The van der Waals surface area contributed by atoms with Crippen molar-refractivity contribution in [2.75, 3.05) is 0 Å². The Labute approximate surface area is 117 Å². The Morgan fingerprint density at radius 3 is 2.75 bits per heavy atom. The number of hydrogen-bond acceptors (Lipinski definition) is 0. The average molecular weight is 257 g/mol. The van der Waals surface area contributed by atoms with Crippen molar-refractivity contribution < 1.29 is 0 Å². The number of benzene rings is 2. The summed E-state index contributed by atoms with van der Waals surface area (Å²) in [7, 11) is 0. The molecule has 0 fully saturated rings. The second kappa shape index (κ2) is 3.43. The SMILES string of the molecule is Cc1cc2c3c(c1)c1ccccc1n3C1C=CC=CC21. The zero-order chi connectivity index (χ0) is 13.3. The molecule has 0 N–H and O–H groups in total. The average Bonchev–Trinajstić information content (AvgIpc) is 2.98. The molecule has 0 spiro atoms. The van der Waals surface area contributed by atoms with E-state index < -0.39 is 0 Å². The normalized spacial score (nSPS) is 22.9. The Kier molecular flexibility index (Phi) is 1.80. The molecule has 0 radical (unpaired) electrons. The molecule has 1 aromatic heterocycles. The predicted molar refractivity (Wildman–Crippen MR) is 84.2 cm³/mol. The Balaban J connectivity index is 2.06. The lowest BCUT2D eigenvalue weighted by Gasteiger charge is -2.20. The molecule has 0 saturated heterocycles. The zero-order valence-electron chi connectivity index (χ0n) is 11.4. The van der Waals surface area contributed by atoms with Crippen molar-refractivity contribution in [3.63, 3.8) is 0 Å². The van der Waals surface area contributed by atoms with Crippen LogP contribution >= 0.6 is 0 Å². The largest absolute Gasteiger partial charge is 0.332 e. The van der Waals surface area contributed by atoms with Gasteiger partial charge >= 0.3 is 0 Å². The summed E-state index contributed by atoms with van der Waals surface area (Å²) in [5.41, 5.74) is 5.64. The minimum absolute atomic E-state index is 0.444. The summed E-state index contributed by atoms with van der Waals surface area (Å²) in [5, 5.41) is 2.79. The van der Waals surface area contributed by atoms with Gasteiger partial charge in [0.15, 0.2) is 0 Å². The molecule has 1 aliphatic heterocycles. The topological polar surface area (TPSA) is 4.93 Å². The summed E-state index contributed by atoms with van der Waals surface area (Å²) in [6.07, 6.45) is 9.05. The first-order valence-electron chi connectivity index (χ1n) is 7.23. The van der Waals surface area contributed by atoms with Gasteiger partial charge < -0.3 is 4.57 Å². The third kappa shape index (κ3) is 1.10. The van der Waals surface area contributed by atoms with Crippen LogP contribution in [0.15, 0.2) is 60.7 Å². The standard InChI is InChI=1S/C19H15N/c1-12-10-15-13-6-2-4-8-17(13)20-18-9-5-3-7-14(18)16(11-12)19(15)20/h2-11,13,17H,1H3. The summed E-state index contributed by atoms with van der Waals surface area (Å²) >= 11 is 0. The summed E-state index contributed by atoms with van der Waals surface area (Å²) in [6.45, 7) is 2.21. The van der Waals surface area contributed by atoms with Crippen molar-refractivity contribution in [3.8, 4) is 0 Å². The number of fused-ring (bicyclic) bond motifs is 6. The summed E-state index contributed by atoms with van der Waals surface area (Å²) in [4.78, 5) is 0. The molecule has 5 rings (SSSR count). The lowest BCUT2D eigenvalue weighted by atomic mass is 9.89. The second-order valence-electron chi connectivity index (χ2n) is 5.92. The van der Waals surface area contributed by atoms with Gasteiger partial charge in [-0.25, -0.2) is 0 Å². The molecule has 1 heteroatoms. The van der Waals surface area contributed by atoms with Crippen molar-refractivity contribution >= 4 is 21.8 Å². The monoisotopic (exact) mass is 257 g/mol. The molecule has 20 heavy (non-hydrogen) atoms. The van der Waals surface area contributed by atoms with E-state index in [0.29, 0.717) is 12.0 Å². The Bertz CT molecular complexity index is 924. The van der Waals surface area contributed by atoms with Crippen LogP contribution in [0.5, 0.6) is 0 Å². The molecule has 0 bridgehead atoms. The quantitative estimate of drug-likeness (QED) is 0.541. The van der Waals surface area contributed by atoms with E-state index in [1.807, 2.05) is 0 Å². The predicted octanol–water partition coefficient (Wildman–Crippen LogP) is 4.87. The van der Waals surface area contributed by atoms with E-state index in [-0.39, 0.29) is 0 Å². The molecule has 1 aliphatic carbocycles. The molecule has 2 aliphatic rings. The number of nitrogens with zero attached hydrogens (tertiary/aromatic N) is 1. The third-order valence-electron chi connectivity index (χ3n) is 4.74. The lowest BCUT2D eigenvalue weighted by Crippen LogP contribution is -2.08. The molecular weight excluding hydrogens is 242 g/mol. The van der Waals surface area contributed by atoms with Gasteiger partial charge in [-0.1, -0.05) is 54.1 Å². The van der Waals surface area contributed by atoms with Crippen molar-refractivity contribution in [1.29, 1.82) is 0 Å². The molecule has 2 unspecified atom stereocenters. The fourth-order valence-electron chi connectivity index (χ4n) is 4.01. The van der Waals surface area contributed by atoms with Gasteiger partial charge in [-0.3, -0.25) is 0 Å². The molecule has 1 nitrogen and oxygen atoms in total. The Morgan fingerprint density at radius 2 is 1.80 bits per heavy atom. The minimum Gasteiger partial charge on any atom is -0.332 e.